The van der Waals surface area contributed by atoms with Crippen molar-refractivity contribution in [2.75, 3.05) is 6.26 Å². The van der Waals surface area contributed by atoms with E-state index in [0.717, 1.165) is 18.4 Å². The SMILES string of the molecule is CS(=O)(=O)c1ccc(-c2cc(S(N)(=O)=O)ccc2Oc2ccc(F)cc2F)cc1. The lowest BCUT2D eigenvalue weighted by Gasteiger charge is -2.14. The minimum Gasteiger partial charge on any atom is -0.454 e. The number of benzene rings is 3. The Morgan fingerprint density at radius 3 is 1.93 bits per heavy atom. The molecule has 3 aromatic carbocycles. The second-order valence-corrected chi connectivity index (χ2v) is 9.75. The van der Waals surface area contributed by atoms with Crippen molar-refractivity contribution in [1.82, 2.24) is 0 Å². The molecule has 6 nitrogen and oxygen atoms in total. The fourth-order valence-electron chi connectivity index (χ4n) is 2.56. The zero-order chi connectivity index (χ0) is 21.4. The third-order valence-corrected chi connectivity index (χ3v) is 6.03. The van der Waals surface area contributed by atoms with E-state index < -0.39 is 31.5 Å². The monoisotopic (exact) mass is 439 g/mol. The normalized spacial score (nSPS) is 12.0. The largest absolute Gasteiger partial charge is 0.454 e. The number of hydrogen-bond donors (Lipinski definition) is 1. The second-order valence-electron chi connectivity index (χ2n) is 6.18. The van der Waals surface area contributed by atoms with Crippen LogP contribution in [-0.2, 0) is 19.9 Å². The number of sulfone groups is 1. The van der Waals surface area contributed by atoms with E-state index in [1.165, 1.54) is 42.5 Å². The van der Waals surface area contributed by atoms with Crippen LogP contribution in [0.25, 0.3) is 11.1 Å². The molecule has 0 aliphatic rings. The molecular formula is C19H15F2NO5S2. The van der Waals surface area contributed by atoms with Gasteiger partial charge in [-0.05, 0) is 48.0 Å². The smallest absolute Gasteiger partial charge is 0.238 e. The number of hydrogen-bond acceptors (Lipinski definition) is 5. The molecule has 2 N–H and O–H groups in total. The standard InChI is InChI=1S/C19H15F2NO5S2/c1-28(23,24)14-5-2-12(3-6-14)16-11-15(29(22,25)26)7-9-18(16)27-19-8-4-13(20)10-17(19)21/h2-11H,1H3,(H2,22,25,26). The first-order valence-electron chi connectivity index (χ1n) is 8.05. The van der Waals surface area contributed by atoms with E-state index in [0.29, 0.717) is 11.6 Å². The molecule has 0 atom stereocenters. The Labute approximate surface area is 166 Å². The van der Waals surface area contributed by atoms with Gasteiger partial charge in [0, 0.05) is 17.9 Å². The van der Waals surface area contributed by atoms with Crippen LogP contribution in [0.5, 0.6) is 11.5 Å². The molecule has 0 saturated heterocycles. The molecule has 0 radical (unpaired) electrons. The lowest BCUT2D eigenvalue weighted by atomic mass is 10.0. The molecule has 0 amide bonds. The molecule has 0 fully saturated rings. The number of nitrogens with two attached hydrogens (primary N) is 1. The highest BCUT2D eigenvalue weighted by atomic mass is 32.2. The summed E-state index contributed by atoms with van der Waals surface area (Å²) in [4.78, 5) is -0.150. The molecule has 3 rings (SSSR count). The third kappa shape index (κ3) is 4.78. The summed E-state index contributed by atoms with van der Waals surface area (Å²) in [5.74, 6) is -1.94. The van der Waals surface area contributed by atoms with Gasteiger partial charge in [0.2, 0.25) is 10.0 Å². The van der Waals surface area contributed by atoms with Gasteiger partial charge in [-0.3, -0.25) is 0 Å². The molecular weight excluding hydrogens is 424 g/mol. The van der Waals surface area contributed by atoms with E-state index >= 15 is 0 Å². The van der Waals surface area contributed by atoms with Crippen LogP contribution in [-0.4, -0.2) is 23.1 Å². The van der Waals surface area contributed by atoms with Gasteiger partial charge in [-0.25, -0.2) is 30.8 Å². The summed E-state index contributed by atoms with van der Waals surface area (Å²) in [7, 11) is -7.48. The number of primary sulfonamides is 1. The molecule has 3 aromatic rings. The van der Waals surface area contributed by atoms with E-state index in [1.807, 2.05) is 0 Å². The van der Waals surface area contributed by atoms with E-state index in [4.69, 9.17) is 9.88 Å². The summed E-state index contributed by atoms with van der Waals surface area (Å²) >= 11 is 0. The molecule has 0 bridgehead atoms. The van der Waals surface area contributed by atoms with Crippen molar-refractivity contribution in [3.8, 4) is 22.6 Å². The van der Waals surface area contributed by atoms with E-state index in [1.54, 1.807) is 0 Å². The van der Waals surface area contributed by atoms with Crippen LogP contribution in [0.1, 0.15) is 0 Å². The predicted octanol–water partition coefficient (Wildman–Crippen LogP) is 3.48. The highest BCUT2D eigenvalue weighted by Gasteiger charge is 2.17. The molecule has 0 heterocycles. The Hall–Kier alpha value is -2.82. The molecule has 0 saturated carbocycles. The number of ether oxygens (including phenoxy) is 1. The minimum absolute atomic E-state index is 0.0648. The van der Waals surface area contributed by atoms with Crippen LogP contribution < -0.4 is 9.88 Å². The van der Waals surface area contributed by atoms with Crippen LogP contribution in [0.3, 0.4) is 0 Å². The number of sulfonamides is 1. The van der Waals surface area contributed by atoms with Crippen LogP contribution in [0, 0.1) is 11.6 Å². The minimum atomic E-state index is -4.04. The summed E-state index contributed by atoms with van der Waals surface area (Å²) in [6, 6.07) is 12.0. The van der Waals surface area contributed by atoms with Gasteiger partial charge >= 0.3 is 0 Å². The quantitative estimate of drug-likeness (QED) is 0.656. The Bertz CT molecular complexity index is 1290. The van der Waals surface area contributed by atoms with Gasteiger partial charge in [0.15, 0.2) is 21.4 Å². The lowest BCUT2D eigenvalue weighted by Crippen LogP contribution is -2.12. The van der Waals surface area contributed by atoms with Crippen molar-refractivity contribution in [3.63, 3.8) is 0 Å². The molecule has 10 heteroatoms. The summed E-state index contributed by atoms with van der Waals surface area (Å²) in [5, 5.41) is 5.18. The van der Waals surface area contributed by atoms with Crippen molar-refractivity contribution in [3.05, 3.63) is 72.3 Å². The van der Waals surface area contributed by atoms with Gasteiger partial charge in [0.25, 0.3) is 0 Å². The van der Waals surface area contributed by atoms with Gasteiger partial charge in [-0.2, -0.15) is 0 Å². The topological polar surface area (TPSA) is 104 Å². The van der Waals surface area contributed by atoms with E-state index in [9.17, 15) is 25.6 Å². The first-order chi connectivity index (χ1) is 13.4. The molecule has 0 unspecified atom stereocenters. The van der Waals surface area contributed by atoms with Crippen molar-refractivity contribution in [1.29, 1.82) is 0 Å². The predicted molar refractivity (Wildman–Crippen MR) is 103 cm³/mol. The maximum atomic E-state index is 14.0. The van der Waals surface area contributed by atoms with Crippen molar-refractivity contribution in [2.45, 2.75) is 9.79 Å². The van der Waals surface area contributed by atoms with Gasteiger partial charge in [0.1, 0.15) is 11.6 Å². The molecule has 29 heavy (non-hydrogen) atoms. The van der Waals surface area contributed by atoms with Gasteiger partial charge in [0.05, 0.1) is 9.79 Å². The highest BCUT2D eigenvalue weighted by Crippen LogP contribution is 2.36. The van der Waals surface area contributed by atoms with E-state index in [-0.39, 0.29) is 26.9 Å². The average Bonchev–Trinajstić information content (AvgIpc) is 2.63. The molecule has 0 aromatic heterocycles. The number of rotatable bonds is 5. The Morgan fingerprint density at radius 2 is 1.38 bits per heavy atom. The van der Waals surface area contributed by atoms with Gasteiger partial charge < -0.3 is 4.74 Å². The molecule has 152 valence electrons. The first kappa shape index (κ1) is 20.9. The van der Waals surface area contributed by atoms with Crippen LogP contribution in [0.4, 0.5) is 8.78 Å². The molecule has 0 spiro atoms. The maximum Gasteiger partial charge on any atom is 0.238 e. The average molecular weight is 439 g/mol. The fraction of sp³-hybridized carbons (Fsp3) is 0.0526. The Balaban J connectivity index is 2.14. The van der Waals surface area contributed by atoms with Crippen molar-refractivity contribution < 1.29 is 30.4 Å². The van der Waals surface area contributed by atoms with Crippen molar-refractivity contribution in [2.24, 2.45) is 5.14 Å². The zero-order valence-electron chi connectivity index (χ0n) is 15.0. The van der Waals surface area contributed by atoms with Crippen molar-refractivity contribution >= 4 is 19.9 Å². The van der Waals surface area contributed by atoms with Gasteiger partial charge in [-0.1, -0.05) is 12.1 Å². The van der Waals surface area contributed by atoms with Crippen LogP contribution >= 0.6 is 0 Å². The van der Waals surface area contributed by atoms with Crippen LogP contribution in [0.2, 0.25) is 0 Å². The number of halogens is 2. The fourth-order valence-corrected chi connectivity index (χ4v) is 3.73. The maximum absolute atomic E-state index is 14.0. The Morgan fingerprint density at radius 1 is 0.793 bits per heavy atom. The molecule has 0 aliphatic heterocycles. The molecule has 0 aliphatic carbocycles. The second kappa shape index (κ2) is 7.54. The highest BCUT2D eigenvalue weighted by molar-refractivity contribution is 7.90. The Kier molecular flexibility index (Phi) is 5.44. The summed E-state index contributed by atoms with van der Waals surface area (Å²) < 4.78 is 79.3. The third-order valence-electron chi connectivity index (χ3n) is 3.99. The van der Waals surface area contributed by atoms with Crippen LogP contribution in [0.15, 0.2) is 70.5 Å². The van der Waals surface area contributed by atoms with Gasteiger partial charge in [-0.15, -0.1) is 0 Å². The first-order valence-corrected chi connectivity index (χ1v) is 11.5. The summed E-state index contributed by atoms with van der Waals surface area (Å²) in [6.45, 7) is 0. The summed E-state index contributed by atoms with van der Waals surface area (Å²) in [6.07, 6.45) is 1.05. The lowest BCUT2D eigenvalue weighted by molar-refractivity contribution is 0.438. The summed E-state index contributed by atoms with van der Waals surface area (Å²) in [5.41, 5.74) is 0.626. The van der Waals surface area contributed by atoms with E-state index in [2.05, 4.69) is 0 Å². The zero-order valence-corrected chi connectivity index (χ0v) is 16.6.